The van der Waals surface area contributed by atoms with Gasteiger partial charge in [-0.05, 0) is 30.5 Å². The second kappa shape index (κ2) is 10.5. The molecular formula is C26H29N5O4. The molecule has 1 fully saturated rings. The van der Waals surface area contributed by atoms with E-state index in [0.29, 0.717) is 41.8 Å². The number of fused-ring (bicyclic) bond motifs is 2. The lowest BCUT2D eigenvalue weighted by atomic mass is 9.95. The van der Waals surface area contributed by atoms with Crippen LogP contribution in [0.2, 0.25) is 0 Å². The summed E-state index contributed by atoms with van der Waals surface area (Å²) in [6, 6.07) is 15.1. The lowest BCUT2D eigenvalue weighted by molar-refractivity contribution is 0.236. The summed E-state index contributed by atoms with van der Waals surface area (Å²) in [6.45, 7) is 1.04. The minimum atomic E-state index is -0.278. The minimum absolute atomic E-state index is 0.172. The molecule has 2 amide bonds. The van der Waals surface area contributed by atoms with Crippen molar-refractivity contribution in [3.8, 4) is 17.2 Å². The first-order valence-corrected chi connectivity index (χ1v) is 12.1. The van der Waals surface area contributed by atoms with Crippen molar-refractivity contribution in [3.05, 3.63) is 70.8 Å². The van der Waals surface area contributed by atoms with Gasteiger partial charge in [0.2, 0.25) is 0 Å². The predicted octanol–water partition coefficient (Wildman–Crippen LogP) is 4.48. The van der Waals surface area contributed by atoms with Gasteiger partial charge in [0.1, 0.15) is 18.0 Å². The number of carbonyl (C=O) groups is 1. The Hall–Kier alpha value is -4.01. The maximum atomic E-state index is 12.7. The van der Waals surface area contributed by atoms with Crippen LogP contribution in [0.5, 0.6) is 17.2 Å². The first-order valence-electron chi connectivity index (χ1n) is 12.1. The van der Waals surface area contributed by atoms with E-state index >= 15 is 0 Å². The summed E-state index contributed by atoms with van der Waals surface area (Å²) in [5, 5.41) is 8.79. The Bertz CT molecular complexity index is 1240. The molecule has 3 aromatic rings. The van der Waals surface area contributed by atoms with Crippen molar-refractivity contribution >= 4 is 17.5 Å². The number of carbonyl (C=O) groups excluding carboxylic acids is 1. The van der Waals surface area contributed by atoms with Crippen LogP contribution in [-0.4, -0.2) is 28.7 Å². The third-order valence-corrected chi connectivity index (χ3v) is 6.28. The van der Waals surface area contributed by atoms with Crippen LogP contribution in [0.3, 0.4) is 0 Å². The van der Waals surface area contributed by atoms with Crippen LogP contribution in [0.25, 0.3) is 0 Å². The summed E-state index contributed by atoms with van der Waals surface area (Å²) in [6.07, 6.45) is 7.20. The van der Waals surface area contributed by atoms with Crippen molar-refractivity contribution in [2.75, 3.05) is 18.5 Å². The Labute approximate surface area is 203 Å². The van der Waals surface area contributed by atoms with E-state index in [0.717, 1.165) is 31.2 Å². The fourth-order valence-electron chi connectivity index (χ4n) is 4.48. The first kappa shape index (κ1) is 22.8. The fourth-order valence-corrected chi connectivity index (χ4v) is 4.48. The van der Waals surface area contributed by atoms with Gasteiger partial charge in [0.15, 0.2) is 17.3 Å². The summed E-state index contributed by atoms with van der Waals surface area (Å²) in [7, 11) is 0. The van der Waals surface area contributed by atoms with Gasteiger partial charge in [0.25, 0.3) is 0 Å². The summed E-state index contributed by atoms with van der Waals surface area (Å²) in [5.41, 5.74) is 1.36. The van der Waals surface area contributed by atoms with E-state index < -0.39 is 0 Å². The largest absolute Gasteiger partial charge is 0.489 e. The second-order valence-electron chi connectivity index (χ2n) is 8.74. The molecule has 0 bridgehead atoms. The molecule has 0 saturated heterocycles. The normalized spacial score (nSPS) is 14.6. The molecule has 1 aromatic heterocycles. The van der Waals surface area contributed by atoms with Crippen molar-refractivity contribution < 1.29 is 14.3 Å². The van der Waals surface area contributed by atoms with E-state index in [4.69, 9.17) is 9.47 Å². The molecule has 1 saturated carbocycles. The number of rotatable bonds is 7. The van der Waals surface area contributed by atoms with E-state index in [1.165, 1.54) is 6.42 Å². The number of aromatic nitrogens is 2. The number of amides is 2. The molecule has 0 spiro atoms. The summed E-state index contributed by atoms with van der Waals surface area (Å²) in [5.74, 6) is 2.05. The number of nitrogens with one attached hydrogen (secondary N) is 3. The lowest BCUT2D eigenvalue weighted by Crippen LogP contribution is -2.37. The van der Waals surface area contributed by atoms with Crippen LogP contribution in [0.4, 0.5) is 16.3 Å². The average Bonchev–Trinajstić information content (AvgIpc) is 2.89. The van der Waals surface area contributed by atoms with E-state index in [1.54, 1.807) is 16.8 Å². The molecule has 1 aliphatic carbocycles. The van der Waals surface area contributed by atoms with Crippen LogP contribution >= 0.6 is 0 Å². The van der Waals surface area contributed by atoms with Crippen molar-refractivity contribution in [2.45, 2.75) is 44.7 Å². The second-order valence-corrected chi connectivity index (χ2v) is 8.74. The number of hydrogen-bond donors (Lipinski definition) is 3. The predicted molar refractivity (Wildman–Crippen MR) is 133 cm³/mol. The highest BCUT2D eigenvalue weighted by molar-refractivity contribution is 5.77. The molecule has 0 atom stereocenters. The highest BCUT2D eigenvalue weighted by atomic mass is 16.5. The molecule has 5 rings (SSSR count). The lowest BCUT2D eigenvalue weighted by Gasteiger charge is -2.27. The Morgan fingerprint density at radius 2 is 1.89 bits per heavy atom. The Balaban J connectivity index is 1.18. The molecule has 35 heavy (non-hydrogen) atoms. The zero-order valence-electron chi connectivity index (χ0n) is 19.5. The molecule has 0 unspecified atom stereocenters. The van der Waals surface area contributed by atoms with Gasteiger partial charge >= 0.3 is 11.7 Å². The number of para-hydroxylation sites is 1. The number of hydrogen-bond acceptors (Lipinski definition) is 6. The standard InChI is InChI=1S/C26H29N5O4/c32-25(28-16-18-8-3-1-4-9-18)27-14-15-34-20-12-7-13-21-23(20)29-24-22(35-21)17-31(26(33)30-24)19-10-5-2-6-11-19/h1,3-4,7-9,12-13,17,19H,2,5-6,10-11,14-16H2,(H2,27,28,32)(H,29,30,33). The van der Waals surface area contributed by atoms with Crippen LogP contribution in [0.1, 0.15) is 43.7 Å². The SMILES string of the molecule is O=C(NCCOc1cccc2c1Nc1nc(=O)n(C3CCCCC3)cc1O2)NCc1ccccc1. The highest BCUT2D eigenvalue weighted by Gasteiger charge is 2.25. The average molecular weight is 476 g/mol. The number of nitrogens with zero attached hydrogens (tertiary/aromatic N) is 2. The van der Waals surface area contributed by atoms with Crippen molar-refractivity contribution in [1.29, 1.82) is 0 Å². The van der Waals surface area contributed by atoms with E-state index in [9.17, 15) is 9.59 Å². The van der Waals surface area contributed by atoms with E-state index in [-0.39, 0.29) is 24.4 Å². The van der Waals surface area contributed by atoms with Gasteiger partial charge in [-0.1, -0.05) is 55.7 Å². The number of ether oxygens (including phenoxy) is 2. The molecule has 2 aliphatic rings. The molecule has 1 aliphatic heterocycles. The van der Waals surface area contributed by atoms with Crippen LogP contribution < -0.4 is 31.1 Å². The molecule has 2 heterocycles. The molecule has 2 aromatic carbocycles. The Kier molecular flexibility index (Phi) is 6.83. The summed E-state index contributed by atoms with van der Waals surface area (Å²) >= 11 is 0. The maximum Gasteiger partial charge on any atom is 0.350 e. The molecular weight excluding hydrogens is 446 g/mol. The highest BCUT2D eigenvalue weighted by Crippen LogP contribution is 2.45. The van der Waals surface area contributed by atoms with E-state index in [2.05, 4.69) is 20.9 Å². The van der Waals surface area contributed by atoms with Gasteiger partial charge in [0, 0.05) is 12.6 Å². The monoisotopic (exact) mass is 475 g/mol. The third-order valence-electron chi connectivity index (χ3n) is 6.28. The van der Waals surface area contributed by atoms with Crippen molar-refractivity contribution in [2.24, 2.45) is 0 Å². The molecule has 9 nitrogen and oxygen atoms in total. The van der Waals surface area contributed by atoms with Gasteiger partial charge in [-0.25, -0.2) is 9.59 Å². The number of anilines is 2. The molecule has 9 heteroatoms. The van der Waals surface area contributed by atoms with Gasteiger partial charge < -0.3 is 25.4 Å². The number of urea groups is 1. The van der Waals surface area contributed by atoms with Gasteiger partial charge in [-0.2, -0.15) is 4.98 Å². The minimum Gasteiger partial charge on any atom is -0.489 e. The molecule has 182 valence electrons. The smallest absolute Gasteiger partial charge is 0.350 e. The Morgan fingerprint density at radius 1 is 1.06 bits per heavy atom. The quantitative estimate of drug-likeness (QED) is 0.341. The topological polar surface area (TPSA) is 107 Å². The van der Waals surface area contributed by atoms with Gasteiger partial charge in [-0.15, -0.1) is 0 Å². The first-order chi connectivity index (χ1) is 17.2. The van der Waals surface area contributed by atoms with Gasteiger partial charge in [-0.3, -0.25) is 4.57 Å². The molecule has 0 radical (unpaired) electrons. The maximum absolute atomic E-state index is 12.7. The van der Waals surface area contributed by atoms with Gasteiger partial charge in [0.05, 0.1) is 12.7 Å². The summed E-state index contributed by atoms with van der Waals surface area (Å²) in [4.78, 5) is 29.0. The van der Waals surface area contributed by atoms with E-state index in [1.807, 2.05) is 42.5 Å². The zero-order valence-corrected chi connectivity index (χ0v) is 19.5. The van der Waals surface area contributed by atoms with Crippen molar-refractivity contribution in [1.82, 2.24) is 20.2 Å². The Morgan fingerprint density at radius 3 is 2.71 bits per heavy atom. The van der Waals surface area contributed by atoms with Crippen LogP contribution in [0.15, 0.2) is 59.5 Å². The molecule has 3 N–H and O–H groups in total. The fraction of sp³-hybridized carbons (Fsp3) is 0.346. The number of benzene rings is 2. The third kappa shape index (κ3) is 5.40. The van der Waals surface area contributed by atoms with Crippen molar-refractivity contribution in [3.63, 3.8) is 0 Å². The van der Waals surface area contributed by atoms with Crippen LogP contribution in [0, 0.1) is 0 Å². The van der Waals surface area contributed by atoms with Crippen LogP contribution in [-0.2, 0) is 6.54 Å². The summed E-state index contributed by atoms with van der Waals surface area (Å²) < 4.78 is 13.7. The zero-order chi connectivity index (χ0) is 24.0.